The van der Waals surface area contributed by atoms with Crippen LogP contribution in [0.1, 0.15) is 23.1 Å². The van der Waals surface area contributed by atoms with Crippen molar-refractivity contribution in [2.24, 2.45) is 5.10 Å². The van der Waals surface area contributed by atoms with Crippen LogP contribution in [0.3, 0.4) is 0 Å². The number of aryl methyl sites for hydroxylation is 2. The highest BCUT2D eigenvalue weighted by Gasteiger charge is 2.16. The molecule has 2 nitrogen and oxygen atoms in total. The minimum absolute atomic E-state index is 0.761. The average Bonchev–Trinajstić information content (AvgIpc) is 2.83. The van der Waals surface area contributed by atoms with Gasteiger partial charge in [-0.1, -0.05) is 41.9 Å². The zero-order chi connectivity index (χ0) is 13.2. The second kappa shape index (κ2) is 5.06. The van der Waals surface area contributed by atoms with Gasteiger partial charge in [-0.25, -0.2) is 0 Å². The quantitative estimate of drug-likeness (QED) is 0.803. The highest BCUT2D eigenvalue weighted by Crippen LogP contribution is 2.23. The van der Waals surface area contributed by atoms with E-state index in [0.29, 0.717) is 0 Å². The maximum absolute atomic E-state index is 6.10. The van der Waals surface area contributed by atoms with Gasteiger partial charge in [0.25, 0.3) is 0 Å². The molecule has 0 saturated heterocycles. The molecule has 19 heavy (non-hydrogen) atoms. The summed E-state index contributed by atoms with van der Waals surface area (Å²) in [6.07, 6.45) is 2.07. The monoisotopic (exact) mass is 270 g/mol. The zero-order valence-corrected chi connectivity index (χ0v) is 11.5. The van der Waals surface area contributed by atoms with Crippen LogP contribution >= 0.6 is 11.6 Å². The molecule has 3 rings (SSSR count). The van der Waals surface area contributed by atoms with Crippen molar-refractivity contribution in [2.45, 2.75) is 19.8 Å². The lowest BCUT2D eigenvalue weighted by atomic mass is 10.1. The highest BCUT2D eigenvalue weighted by atomic mass is 35.5. The van der Waals surface area contributed by atoms with Gasteiger partial charge in [0.15, 0.2) is 0 Å². The van der Waals surface area contributed by atoms with Crippen LogP contribution in [0.4, 0.5) is 5.69 Å². The summed E-state index contributed by atoms with van der Waals surface area (Å²) in [5.74, 6) is 0. The number of anilines is 1. The van der Waals surface area contributed by atoms with E-state index in [0.717, 1.165) is 34.8 Å². The van der Waals surface area contributed by atoms with Crippen LogP contribution in [0.5, 0.6) is 0 Å². The van der Waals surface area contributed by atoms with Crippen molar-refractivity contribution in [3.63, 3.8) is 0 Å². The van der Waals surface area contributed by atoms with E-state index in [-0.39, 0.29) is 0 Å². The number of hydrogen-bond donors (Lipinski definition) is 1. The van der Waals surface area contributed by atoms with Crippen LogP contribution in [0.2, 0.25) is 5.02 Å². The Labute approximate surface area is 118 Å². The summed E-state index contributed by atoms with van der Waals surface area (Å²) in [4.78, 5) is 0. The number of nitrogens with one attached hydrogen (secondary N) is 1. The first kappa shape index (κ1) is 12.2. The molecule has 0 heterocycles. The Morgan fingerprint density at radius 1 is 1.11 bits per heavy atom. The van der Waals surface area contributed by atoms with Gasteiger partial charge in [-0.2, -0.15) is 5.10 Å². The maximum Gasteiger partial charge on any atom is 0.0685 e. The molecule has 1 N–H and O–H groups in total. The minimum atomic E-state index is 0.761. The molecule has 1 aliphatic rings. The van der Waals surface area contributed by atoms with E-state index in [1.807, 2.05) is 25.1 Å². The minimum Gasteiger partial charge on any atom is -0.278 e. The molecule has 0 atom stereocenters. The van der Waals surface area contributed by atoms with E-state index in [4.69, 9.17) is 11.6 Å². The van der Waals surface area contributed by atoms with E-state index in [1.54, 1.807) is 0 Å². The molecule has 2 aromatic carbocycles. The molecular formula is C16H15ClN2. The molecule has 0 fully saturated rings. The Bertz CT molecular complexity index is 647. The smallest absolute Gasteiger partial charge is 0.0685 e. The van der Waals surface area contributed by atoms with E-state index < -0.39 is 0 Å². The molecule has 0 spiro atoms. The molecule has 0 unspecified atom stereocenters. The molecule has 0 radical (unpaired) electrons. The Hall–Kier alpha value is -1.80. The van der Waals surface area contributed by atoms with Crippen LogP contribution in [0.25, 0.3) is 0 Å². The van der Waals surface area contributed by atoms with E-state index in [9.17, 15) is 0 Å². The summed E-state index contributed by atoms with van der Waals surface area (Å²) in [7, 11) is 0. The lowest BCUT2D eigenvalue weighted by Crippen LogP contribution is -1.99. The fourth-order valence-corrected chi connectivity index (χ4v) is 2.50. The lowest BCUT2D eigenvalue weighted by Gasteiger charge is -2.05. The van der Waals surface area contributed by atoms with Crippen LogP contribution in [0, 0.1) is 6.92 Å². The normalized spacial score (nSPS) is 15.6. The highest BCUT2D eigenvalue weighted by molar-refractivity contribution is 6.31. The third kappa shape index (κ3) is 2.49. The van der Waals surface area contributed by atoms with Gasteiger partial charge in [0, 0.05) is 10.6 Å². The standard InChI is InChI=1S/C16H15ClN2/c1-11-6-8-13(10-15(11)17)18-19-16-9-7-12-4-2-3-5-14(12)16/h2-6,8,10,18H,7,9H2,1H3/b19-16+. The number of nitrogens with zero attached hydrogens (tertiary/aromatic N) is 1. The van der Waals surface area contributed by atoms with Crippen molar-refractivity contribution < 1.29 is 0 Å². The van der Waals surface area contributed by atoms with Crippen molar-refractivity contribution in [2.75, 3.05) is 5.43 Å². The molecular weight excluding hydrogens is 256 g/mol. The Balaban J connectivity index is 1.82. The first-order valence-electron chi connectivity index (χ1n) is 6.41. The van der Waals surface area contributed by atoms with Gasteiger partial charge in [0.2, 0.25) is 0 Å². The van der Waals surface area contributed by atoms with Gasteiger partial charge >= 0.3 is 0 Å². The van der Waals surface area contributed by atoms with Crippen molar-refractivity contribution in [3.8, 4) is 0 Å². The van der Waals surface area contributed by atoms with E-state index >= 15 is 0 Å². The first-order chi connectivity index (χ1) is 9.24. The molecule has 3 heteroatoms. The van der Waals surface area contributed by atoms with Gasteiger partial charge in [-0.15, -0.1) is 0 Å². The second-order valence-electron chi connectivity index (χ2n) is 4.79. The van der Waals surface area contributed by atoms with Gasteiger partial charge in [-0.05, 0) is 43.0 Å². The van der Waals surface area contributed by atoms with Crippen molar-refractivity contribution >= 4 is 23.0 Å². The van der Waals surface area contributed by atoms with Crippen molar-refractivity contribution in [1.82, 2.24) is 0 Å². The summed E-state index contributed by atoms with van der Waals surface area (Å²) in [5.41, 5.74) is 8.85. The Morgan fingerprint density at radius 3 is 2.79 bits per heavy atom. The Morgan fingerprint density at radius 2 is 1.95 bits per heavy atom. The SMILES string of the molecule is Cc1ccc(N/N=C2\CCc3ccccc32)cc1Cl. The molecule has 0 aromatic heterocycles. The van der Waals surface area contributed by atoms with Crippen LogP contribution in [-0.4, -0.2) is 5.71 Å². The fourth-order valence-electron chi connectivity index (χ4n) is 2.32. The van der Waals surface area contributed by atoms with Gasteiger partial charge in [0.1, 0.15) is 0 Å². The molecule has 1 aliphatic carbocycles. The topological polar surface area (TPSA) is 24.4 Å². The number of benzene rings is 2. The second-order valence-corrected chi connectivity index (χ2v) is 5.20. The van der Waals surface area contributed by atoms with E-state index in [2.05, 4.69) is 34.8 Å². The number of hydrazone groups is 1. The van der Waals surface area contributed by atoms with Crippen molar-refractivity contribution in [3.05, 3.63) is 64.2 Å². The van der Waals surface area contributed by atoms with Crippen molar-refractivity contribution in [1.29, 1.82) is 0 Å². The van der Waals surface area contributed by atoms with Crippen LogP contribution in [0.15, 0.2) is 47.6 Å². The molecule has 96 valence electrons. The number of halogens is 1. The fraction of sp³-hybridized carbons (Fsp3) is 0.188. The summed E-state index contributed by atoms with van der Waals surface area (Å²) >= 11 is 6.10. The third-order valence-corrected chi connectivity index (χ3v) is 3.86. The summed E-state index contributed by atoms with van der Waals surface area (Å²) in [6.45, 7) is 1.99. The maximum atomic E-state index is 6.10. The molecule has 0 aliphatic heterocycles. The van der Waals surface area contributed by atoms with Crippen LogP contribution < -0.4 is 5.43 Å². The number of rotatable bonds is 2. The largest absolute Gasteiger partial charge is 0.278 e. The number of fused-ring (bicyclic) bond motifs is 1. The van der Waals surface area contributed by atoms with Gasteiger partial charge < -0.3 is 0 Å². The van der Waals surface area contributed by atoms with E-state index in [1.165, 1.54) is 11.1 Å². The average molecular weight is 271 g/mol. The predicted octanol–water partition coefficient (Wildman–Crippen LogP) is 4.41. The first-order valence-corrected chi connectivity index (χ1v) is 6.79. The molecule has 2 aromatic rings. The summed E-state index contributed by atoms with van der Waals surface area (Å²) in [5, 5.41) is 5.27. The lowest BCUT2D eigenvalue weighted by molar-refractivity contribution is 1.09. The molecule has 0 saturated carbocycles. The number of hydrogen-bond acceptors (Lipinski definition) is 2. The predicted molar refractivity (Wildman–Crippen MR) is 81.1 cm³/mol. The Kier molecular flexibility index (Phi) is 3.26. The van der Waals surface area contributed by atoms with Gasteiger partial charge in [-0.3, -0.25) is 5.43 Å². The van der Waals surface area contributed by atoms with Gasteiger partial charge in [0.05, 0.1) is 11.4 Å². The summed E-state index contributed by atoms with van der Waals surface area (Å²) in [6, 6.07) is 14.3. The molecule has 0 amide bonds. The van der Waals surface area contributed by atoms with Crippen LogP contribution in [-0.2, 0) is 6.42 Å². The zero-order valence-electron chi connectivity index (χ0n) is 10.8. The summed E-state index contributed by atoms with van der Waals surface area (Å²) < 4.78 is 0. The molecule has 0 bridgehead atoms. The third-order valence-electron chi connectivity index (χ3n) is 3.45.